The number of aliphatic imine (C=N–C) groups is 1. The van der Waals surface area contributed by atoms with Gasteiger partial charge >= 0.3 is 0 Å². The lowest BCUT2D eigenvalue weighted by Gasteiger charge is -2.37. The molecule has 1 aromatic heterocycles. The molecule has 1 aliphatic rings. The Kier molecular flexibility index (Phi) is 6.78. The first-order chi connectivity index (χ1) is 13.4. The van der Waals surface area contributed by atoms with Gasteiger partial charge < -0.3 is 10.6 Å². The molecule has 1 aliphatic carbocycles. The van der Waals surface area contributed by atoms with Gasteiger partial charge in [0.05, 0.1) is 4.90 Å². The van der Waals surface area contributed by atoms with E-state index in [9.17, 15) is 8.42 Å². The molecule has 28 heavy (non-hydrogen) atoms. The Balaban J connectivity index is 1.60. The van der Waals surface area contributed by atoms with Crippen molar-refractivity contribution in [2.75, 3.05) is 19.8 Å². The second-order valence-corrected chi connectivity index (χ2v) is 10.5. The molecule has 0 bridgehead atoms. The summed E-state index contributed by atoms with van der Waals surface area (Å²) in [5.41, 5.74) is 1.21. The molecule has 7 heteroatoms. The van der Waals surface area contributed by atoms with Gasteiger partial charge in [-0.25, -0.2) is 8.42 Å². The number of sulfone groups is 1. The minimum Gasteiger partial charge on any atom is -0.355 e. The number of guanidine groups is 1. The van der Waals surface area contributed by atoms with Gasteiger partial charge in [0, 0.05) is 36.7 Å². The Hall–Kier alpha value is -1.86. The molecule has 1 saturated carbocycles. The van der Waals surface area contributed by atoms with Crippen molar-refractivity contribution in [1.29, 1.82) is 0 Å². The first kappa shape index (κ1) is 20.9. The molecule has 152 valence electrons. The maximum Gasteiger partial charge on any atom is 0.191 e. The van der Waals surface area contributed by atoms with Gasteiger partial charge in [0.15, 0.2) is 15.8 Å². The van der Waals surface area contributed by atoms with Gasteiger partial charge in [-0.2, -0.15) is 0 Å². The Bertz CT molecular complexity index is 882. The molecule has 2 aromatic rings. The molecular weight excluding hydrogens is 390 g/mol. The molecule has 0 spiro atoms. The first-order valence-electron chi connectivity index (χ1n) is 9.70. The predicted octanol–water partition coefficient (Wildman–Crippen LogP) is 3.72. The molecule has 0 amide bonds. The van der Waals surface area contributed by atoms with Crippen LogP contribution in [0, 0.1) is 0 Å². The van der Waals surface area contributed by atoms with Crippen molar-refractivity contribution in [3.8, 4) is 0 Å². The van der Waals surface area contributed by atoms with Gasteiger partial charge in [0.2, 0.25) is 0 Å². The van der Waals surface area contributed by atoms with E-state index in [-0.39, 0.29) is 5.41 Å². The fourth-order valence-electron chi connectivity index (χ4n) is 3.83. The summed E-state index contributed by atoms with van der Waals surface area (Å²) in [6.07, 6.45) is 7.52. The highest BCUT2D eigenvalue weighted by atomic mass is 32.2. The highest BCUT2D eigenvalue weighted by Gasteiger charge is 2.34. The topological polar surface area (TPSA) is 70.6 Å². The molecule has 0 unspecified atom stereocenters. The van der Waals surface area contributed by atoms with Crippen molar-refractivity contribution in [3.63, 3.8) is 0 Å². The third-order valence-corrected chi connectivity index (χ3v) is 7.73. The Morgan fingerprint density at radius 3 is 2.39 bits per heavy atom. The van der Waals surface area contributed by atoms with Crippen LogP contribution in [0.15, 0.2) is 51.7 Å². The van der Waals surface area contributed by atoms with E-state index in [1.165, 1.54) is 43.2 Å². The van der Waals surface area contributed by atoms with Crippen LogP contribution in [0.2, 0.25) is 0 Å². The average Bonchev–Trinajstić information content (AvgIpc) is 3.24. The number of thiophene rings is 1. The van der Waals surface area contributed by atoms with Crippen molar-refractivity contribution >= 4 is 27.1 Å². The first-order valence-corrected chi connectivity index (χ1v) is 12.5. The van der Waals surface area contributed by atoms with E-state index in [1.807, 2.05) is 23.5 Å². The fraction of sp³-hybridized carbons (Fsp3) is 0.476. The van der Waals surface area contributed by atoms with Gasteiger partial charge in [-0.15, -0.1) is 11.3 Å². The molecule has 1 aromatic carbocycles. The quantitative estimate of drug-likeness (QED) is 0.553. The van der Waals surface area contributed by atoms with Crippen molar-refractivity contribution < 1.29 is 8.42 Å². The average molecular weight is 420 g/mol. The van der Waals surface area contributed by atoms with Crippen LogP contribution < -0.4 is 10.6 Å². The van der Waals surface area contributed by atoms with Crippen molar-refractivity contribution in [3.05, 3.63) is 52.2 Å². The number of benzene rings is 1. The van der Waals surface area contributed by atoms with E-state index in [2.05, 4.69) is 33.1 Å². The van der Waals surface area contributed by atoms with Crippen LogP contribution in [0.1, 0.15) is 42.5 Å². The fourth-order valence-corrected chi connectivity index (χ4v) is 5.45. The zero-order chi connectivity index (χ0) is 20.0. The maximum absolute atomic E-state index is 11.6. The van der Waals surface area contributed by atoms with E-state index in [4.69, 9.17) is 0 Å². The molecule has 0 radical (unpaired) electrons. The van der Waals surface area contributed by atoms with Gasteiger partial charge in [-0.1, -0.05) is 37.5 Å². The summed E-state index contributed by atoms with van der Waals surface area (Å²) in [6, 6.07) is 11.4. The summed E-state index contributed by atoms with van der Waals surface area (Å²) in [5.74, 6) is 0.772. The lowest BCUT2D eigenvalue weighted by molar-refractivity contribution is 0.296. The third-order valence-electron chi connectivity index (χ3n) is 5.48. The molecule has 0 saturated heterocycles. The number of hydrogen-bond acceptors (Lipinski definition) is 4. The molecule has 1 fully saturated rings. The van der Waals surface area contributed by atoms with Crippen molar-refractivity contribution in [2.24, 2.45) is 4.99 Å². The molecule has 0 aliphatic heterocycles. The summed E-state index contributed by atoms with van der Waals surface area (Å²) in [5, 5.41) is 9.03. The Morgan fingerprint density at radius 1 is 1.11 bits per heavy atom. The maximum atomic E-state index is 11.6. The zero-order valence-electron chi connectivity index (χ0n) is 16.6. The van der Waals surface area contributed by atoms with Crippen LogP contribution in [-0.4, -0.2) is 34.2 Å². The molecule has 0 atom stereocenters. The van der Waals surface area contributed by atoms with Gasteiger partial charge in [0.25, 0.3) is 0 Å². The molecular formula is C21H29N3O2S2. The Labute approximate surface area is 172 Å². The van der Waals surface area contributed by atoms with E-state index in [0.29, 0.717) is 11.4 Å². The van der Waals surface area contributed by atoms with Crippen LogP contribution in [0.25, 0.3) is 0 Å². The summed E-state index contributed by atoms with van der Waals surface area (Å²) in [7, 11) is -1.38. The predicted molar refractivity (Wildman–Crippen MR) is 117 cm³/mol. The van der Waals surface area contributed by atoms with Crippen LogP contribution >= 0.6 is 11.3 Å². The summed E-state index contributed by atoms with van der Waals surface area (Å²) in [6.45, 7) is 1.47. The minimum absolute atomic E-state index is 0.196. The number of rotatable bonds is 6. The van der Waals surface area contributed by atoms with Gasteiger partial charge in [-0.3, -0.25) is 4.99 Å². The second kappa shape index (κ2) is 9.09. The summed E-state index contributed by atoms with van der Waals surface area (Å²) >= 11 is 1.85. The van der Waals surface area contributed by atoms with Gasteiger partial charge in [0.1, 0.15) is 0 Å². The van der Waals surface area contributed by atoms with E-state index in [0.717, 1.165) is 18.1 Å². The lowest BCUT2D eigenvalue weighted by Crippen LogP contribution is -2.46. The second-order valence-electron chi connectivity index (χ2n) is 7.51. The lowest BCUT2D eigenvalue weighted by atomic mass is 9.73. The highest BCUT2D eigenvalue weighted by Crippen LogP contribution is 2.41. The summed E-state index contributed by atoms with van der Waals surface area (Å²) < 4.78 is 23.2. The van der Waals surface area contributed by atoms with Crippen molar-refractivity contribution in [1.82, 2.24) is 10.6 Å². The van der Waals surface area contributed by atoms with Crippen LogP contribution in [0.5, 0.6) is 0 Å². The standard InChI is InChI=1S/C21H29N3O2S2/c1-22-20(23-15-17-8-10-18(11-9-17)28(2,25)26)24-16-21(12-4-3-5-13-21)19-7-6-14-27-19/h6-11,14H,3-5,12-13,15-16H2,1-2H3,(H2,22,23,24). The third kappa shape index (κ3) is 5.14. The van der Waals surface area contributed by atoms with Gasteiger partial charge in [-0.05, 0) is 42.0 Å². The molecule has 2 N–H and O–H groups in total. The van der Waals surface area contributed by atoms with E-state index in [1.54, 1.807) is 19.2 Å². The molecule has 3 rings (SSSR count). The summed E-state index contributed by atoms with van der Waals surface area (Å²) in [4.78, 5) is 6.16. The van der Waals surface area contributed by atoms with Crippen LogP contribution in [0.3, 0.4) is 0 Å². The SMILES string of the molecule is CN=C(NCc1ccc(S(C)(=O)=O)cc1)NCC1(c2cccs2)CCCCC1. The normalized spacial score (nSPS) is 17.3. The van der Waals surface area contributed by atoms with E-state index >= 15 is 0 Å². The van der Waals surface area contributed by atoms with Crippen LogP contribution in [-0.2, 0) is 21.8 Å². The molecule has 5 nitrogen and oxygen atoms in total. The monoisotopic (exact) mass is 419 g/mol. The van der Waals surface area contributed by atoms with E-state index < -0.39 is 9.84 Å². The Morgan fingerprint density at radius 2 is 1.82 bits per heavy atom. The number of nitrogens with zero attached hydrogens (tertiary/aromatic N) is 1. The number of nitrogens with one attached hydrogen (secondary N) is 2. The van der Waals surface area contributed by atoms with Crippen molar-refractivity contribution in [2.45, 2.75) is 49.0 Å². The number of hydrogen-bond donors (Lipinski definition) is 2. The zero-order valence-corrected chi connectivity index (χ0v) is 18.2. The smallest absolute Gasteiger partial charge is 0.191 e. The highest BCUT2D eigenvalue weighted by molar-refractivity contribution is 7.90. The minimum atomic E-state index is -3.16. The largest absolute Gasteiger partial charge is 0.355 e. The van der Waals surface area contributed by atoms with Crippen LogP contribution in [0.4, 0.5) is 0 Å². The molecule has 1 heterocycles.